The molecule has 0 aliphatic carbocycles. The maximum Gasteiger partial charge on any atom is 0.490 e. The lowest BCUT2D eigenvalue weighted by molar-refractivity contribution is 0.0193. The summed E-state index contributed by atoms with van der Waals surface area (Å²) in [5.74, 6) is 0.410. The molecule has 0 saturated carbocycles. The first-order chi connectivity index (χ1) is 8.38. The molecule has 18 heavy (non-hydrogen) atoms. The smallest absolute Gasteiger partial charge is 0.451 e. The molecule has 2 N–H and O–H groups in total. The van der Waals surface area contributed by atoms with Gasteiger partial charge in [0.25, 0.3) is 0 Å². The molecule has 0 radical (unpaired) electrons. The van der Waals surface area contributed by atoms with Crippen molar-refractivity contribution < 1.29 is 19.5 Å². The highest BCUT2D eigenvalue weighted by atomic mass is 28.3. The van der Waals surface area contributed by atoms with Crippen LogP contribution in [0.25, 0.3) is 0 Å². The molecule has 0 spiro atoms. The number of hydrogen-bond donors (Lipinski definition) is 2. The second kappa shape index (κ2) is 6.89. The summed E-state index contributed by atoms with van der Waals surface area (Å²) in [5.41, 5.74) is 0.335. The van der Waals surface area contributed by atoms with E-state index in [4.69, 9.17) is 19.5 Å². The number of nitrogens with zero attached hydrogens (tertiary/aromatic N) is 1. The summed E-state index contributed by atoms with van der Waals surface area (Å²) in [6.45, 7) is 7.73. The Morgan fingerprint density at radius 1 is 1.28 bits per heavy atom. The molecule has 0 aliphatic rings. The van der Waals surface area contributed by atoms with Gasteiger partial charge in [0.15, 0.2) is 6.79 Å². The zero-order valence-corrected chi connectivity index (χ0v) is 12.1. The van der Waals surface area contributed by atoms with Crippen LogP contribution in [-0.2, 0) is 4.74 Å². The maximum atomic E-state index is 8.89. The molecule has 1 rings (SSSR count). The zero-order chi connectivity index (χ0) is 13.6. The van der Waals surface area contributed by atoms with Gasteiger partial charge in [0.2, 0.25) is 5.88 Å². The zero-order valence-electron chi connectivity index (χ0n) is 11.1. The second-order valence-corrected chi connectivity index (χ2v) is 10.9. The minimum absolute atomic E-state index is 0.165. The fourth-order valence-electron chi connectivity index (χ4n) is 1.17. The van der Waals surface area contributed by atoms with Gasteiger partial charge in [-0.2, -0.15) is 0 Å². The third-order valence-electron chi connectivity index (χ3n) is 2.34. The van der Waals surface area contributed by atoms with Crippen molar-refractivity contribution in [2.75, 3.05) is 13.4 Å². The number of rotatable bonds is 7. The Bertz CT molecular complexity index is 353. The normalized spacial score (nSPS) is 11.4. The van der Waals surface area contributed by atoms with E-state index in [0.29, 0.717) is 17.9 Å². The molecule has 0 unspecified atom stereocenters. The topological polar surface area (TPSA) is 71.8 Å². The summed E-state index contributed by atoms with van der Waals surface area (Å²) in [5, 5.41) is 17.8. The van der Waals surface area contributed by atoms with Gasteiger partial charge in [0, 0.05) is 32.4 Å². The van der Waals surface area contributed by atoms with Crippen LogP contribution < -0.4 is 10.2 Å². The van der Waals surface area contributed by atoms with Gasteiger partial charge in [-0.25, -0.2) is 4.98 Å². The minimum Gasteiger partial charge on any atom is -0.451 e. The molecule has 0 atom stereocenters. The molecule has 0 bridgehead atoms. The SMILES string of the molecule is C[Si](C)(C)CCOCOc1ccc(B(O)O)cn1. The highest BCUT2D eigenvalue weighted by molar-refractivity contribution is 6.76. The van der Waals surface area contributed by atoms with Crippen LogP contribution in [0.2, 0.25) is 25.7 Å². The molecular formula is C11H20BNO4Si. The summed E-state index contributed by atoms with van der Waals surface area (Å²) >= 11 is 0. The van der Waals surface area contributed by atoms with Gasteiger partial charge in [0.1, 0.15) is 0 Å². The van der Waals surface area contributed by atoms with E-state index in [2.05, 4.69) is 24.6 Å². The van der Waals surface area contributed by atoms with Crippen LogP contribution in [0.4, 0.5) is 0 Å². The Morgan fingerprint density at radius 2 is 2.00 bits per heavy atom. The molecule has 1 aromatic heterocycles. The van der Waals surface area contributed by atoms with E-state index in [0.717, 1.165) is 6.04 Å². The predicted octanol–water partition coefficient (Wildman–Crippen LogP) is 0.452. The minimum atomic E-state index is -1.50. The fourth-order valence-corrected chi connectivity index (χ4v) is 1.93. The monoisotopic (exact) mass is 269 g/mol. The number of aromatic nitrogens is 1. The van der Waals surface area contributed by atoms with Crippen molar-refractivity contribution >= 4 is 20.7 Å². The summed E-state index contributed by atoms with van der Waals surface area (Å²) < 4.78 is 10.6. The van der Waals surface area contributed by atoms with Crippen LogP contribution in [0, 0.1) is 0 Å². The van der Waals surface area contributed by atoms with Gasteiger partial charge in [-0.05, 0) is 6.04 Å². The Hall–Kier alpha value is -0.888. The molecule has 5 nitrogen and oxygen atoms in total. The average molecular weight is 269 g/mol. The quantitative estimate of drug-likeness (QED) is 0.427. The van der Waals surface area contributed by atoms with E-state index in [1.54, 1.807) is 12.1 Å². The molecule has 1 aromatic rings. The number of hydrogen-bond acceptors (Lipinski definition) is 5. The first kappa shape index (κ1) is 15.2. The van der Waals surface area contributed by atoms with Crippen molar-refractivity contribution in [1.82, 2.24) is 4.98 Å². The van der Waals surface area contributed by atoms with Crippen molar-refractivity contribution in [3.05, 3.63) is 18.3 Å². The first-order valence-corrected chi connectivity index (χ1v) is 9.62. The lowest BCUT2D eigenvalue weighted by atomic mass is 9.82. The highest BCUT2D eigenvalue weighted by Gasteiger charge is 2.12. The third kappa shape index (κ3) is 6.16. The molecular weight excluding hydrogens is 249 g/mol. The predicted molar refractivity (Wildman–Crippen MR) is 73.7 cm³/mol. The van der Waals surface area contributed by atoms with Gasteiger partial charge in [0.05, 0.1) is 0 Å². The third-order valence-corrected chi connectivity index (χ3v) is 4.05. The van der Waals surface area contributed by atoms with E-state index in [9.17, 15) is 0 Å². The molecule has 0 aromatic carbocycles. The molecule has 100 valence electrons. The Labute approximate surface area is 109 Å². The van der Waals surface area contributed by atoms with E-state index in [1.807, 2.05) is 0 Å². The Balaban J connectivity index is 2.23. The van der Waals surface area contributed by atoms with Crippen molar-refractivity contribution in [2.45, 2.75) is 25.7 Å². The van der Waals surface area contributed by atoms with E-state index >= 15 is 0 Å². The average Bonchev–Trinajstić information content (AvgIpc) is 2.27. The summed E-state index contributed by atoms with van der Waals surface area (Å²) in [7, 11) is -2.56. The van der Waals surface area contributed by atoms with Gasteiger partial charge < -0.3 is 19.5 Å². The van der Waals surface area contributed by atoms with Crippen LogP contribution >= 0.6 is 0 Å². The largest absolute Gasteiger partial charge is 0.490 e. The Kier molecular flexibility index (Phi) is 5.81. The van der Waals surface area contributed by atoms with E-state index in [-0.39, 0.29) is 6.79 Å². The van der Waals surface area contributed by atoms with Gasteiger partial charge >= 0.3 is 7.12 Å². The first-order valence-electron chi connectivity index (χ1n) is 5.91. The van der Waals surface area contributed by atoms with E-state index < -0.39 is 15.2 Å². The van der Waals surface area contributed by atoms with Gasteiger partial charge in [-0.3, -0.25) is 0 Å². The maximum absolute atomic E-state index is 8.89. The summed E-state index contributed by atoms with van der Waals surface area (Å²) in [6, 6.07) is 4.23. The standard InChI is InChI=1S/C11H20BNO4Si/c1-18(2,3)7-6-16-9-17-11-5-4-10(8-13-11)12(14)15/h4-5,8,14-15H,6-7,9H2,1-3H3. The van der Waals surface area contributed by atoms with Gasteiger partial charge in [-0.15, -0.1) is 0 Å². The second-order valence-electron chi connectivity index (χ2n) is 5.28. The summed E-state index contributed by atoms with van der Waals surface area (Å²) in [6.07, 6.45) is 1.36. The van der Waals surface area contributed by atoms with Crippen molar-refractivity contribution in [2.24, 2.45) is 0 Å². The molecule has 0 saturated heterocycles. The Morgan fingerprint density at radius 3 is 2.50 bits per heavy atom. The molecule has 0 aliphatic heterocycles. The number of ether oxygens (including phenoxy) is 2. The van der Waals surface area contributed by atoms with Crippen molar-refractivity contribution in [1.29, 1.82) is 0 Å². The van der Waals surface area contributed by atoms with Crippen LogP contribution in [0.3, 0.4) is 0 Å². The lowest BCUT2D eigenvalue weighted by Gasteiger charge is -2.15. The fraction of sp³-hybridized carbons (Fsp3) is 0.545. The van der Waals surface area contributed by atoms with Crippen LogP contribution in [0.5, 0.6) is 5.88 Å². The number of pyridine rings is 1. The van der Waals surface area contributed by atoms with Crippen LogP contribution in [0.1, 0.15) is 0 Å². The van der Waals surface area contributed by atoms with Crippen molar-refractivity contribution in [3.8, 4) is 5.88 Å². The van der Waals surface area contributed by atoms with Crippen molar-refractivity contribution in [3.63, 3.8) is 0 Å². The molecule has 7 heteroatoms. The lowest BCUT2D eigenvalue weighted by Crippen LogP contribution is -2.29. The molecule has 1 heterocycles. The molecule has 0 amide bonds. The van der Waals surface area contributed by atoms with Crippen LogP contribution in [0.15, 0.2) is 18.3 Å². The van der Waals surface area contributed by atoms with Crippen LogP contribution in [-0.4, -0.2) is 43.6 Å². The molecule has 0 fully saturated rings. The van der Waals surface area contributed by atoms with E-state index in [1.165, 1.54) is 6.20 Å². The highest BCUT2D eigenvalue weighted by Crippen LogP contribution is 2.08. The summed E-state index contributed by atoms with van der Waals surface area (Å²) in [4.78, 5) is 3.93. The van der Waals surface area contributed by atoms with Gasteiger partial charge in [-0.1, -0.05) is 25.7 Å².